The van der Waals surface area contributed by atoms with Crippen LogP contribution in [-0.2, 0) is 0 Å². The number of rotatable bonds is 2. The van der Waals surface area contributed by atoms with Crippen molar-refractivity contribution in [3.8, 4) is 0 Å². The molecule has 72 valence electrons. The van der Waals surface area contributed by atoms with Crippen molar-refractivity contribution in [2.75, 3.05) is 5.75 Å². The number of nitrogens with one attached hydrogen (secondary N) is 1. The summed E-state index contributed by atoms with van der Waals surface area (Å²) in [6.07, 6.45) is 1.26. The third-order valence-corrected chi connectivity index (χ3v) is 3.92. The van der Waals surface area contributed by atoms with Gasteiger partial charge in [0.25, 0.3) is 0 Å². The average molecular weight is 187 g/mol. The fourth-order valence-electron chi connectivity index (χ4n) is 2.02. The molecule has 1 unspecified atom stereocenters. The van der Waals surface area contributed by atoms with E-state index in [9.17, 15) is 0 Å². The van der Waals surface area contributed by atoms with Crippen molar-refractivity contribution in [2.45, 2.75) is 51.4 Å². The Morgan fingerprint density at radius 2 is 1.92 bits per heavy atom. The lowest BCUT2D eigenvalue weighted by molar-refractivity contribution is 0.338. The minimum Gasteiger partial charge on any atom is -0.297 e. The molecule has 0 spiro atoms. The highest BCUT2D eigenvalue weighted by Gasteiger charge is 2.39. The van der Waals surface area contributed by atoms with Crippen molar-refractivity contribution in [3.63, 3.8) is 0 Å². The Kier molecular flexibility index (Phi) is 2.79. The molecule has 0 saturated carbocycles. The Morgan fingerprint density at radius 1 is 1.33 bits per heavy atom. The van der Waals surface area contributed by atoms with E-state index in [-0.39, 0.29) is 0 Å². The molecule has 1 saturated heterocycles. The first-order valence-electron chi connectivity index (χ1n) is 4.76. The highest BCUT2D eigenvalue weighted by molar-refractivity contribution is 8.00. The van der Waals surface area contributed by atoms with Gasteiger partial charge in [0.15, 0.2) is 0 Å². The molecule has 2 heteroatoms. The normalized spacial score (nSPS) is 34.5. The molecule has 0 bridgehead atoms. The maximum absolute atomic E-state index is 3.70. The molecule has 1 nitrogen and oxygen atoms in total. The van der Waals surface area contributed by atoms with E-state index in [0.29, 0.717) is 10.4 Å². The fraction of sp³-hybridized carbons (Fsp3) is 1.00. The second-order valence-electron chi connectivity index (χ2n) is 5.13. The average Bonchev–Trinajstić information content (AvgIpc) is 2.03. The molecule has 1 atom stereocenters. The molecule has 1 N–H and O–H groups in total. The topological polar surface area (TPSA) is 12.0 Å². The SMILES string of the molecule is CC(C)CC1(C)NC(C)(C)CS1. The third kappa shape index (κ3) is 2.67. The van der Waals surface area contributed by atoms with Crippen LogP contribution in [-0.4, -0.2) is 16.2 Å². The van der Waals surface area contributed by atoms with Gasteiger partial charge < -0.3 is 0 Å². The van der Waals surface area contributed by atoms with Crippen LogP contribution in [0.5, 0.6) is 0 Å². The summed E-state index contributed by atoms with van der Waals surface area (Å²) < 4.78 is 0. The highest BCUT2D eigenvalue weighted by atomic mass is 32.2. The van der Waals surface area contributed by atoms with Gasteiger partial charge in [-0.1, -0.05) is 13.8 Å². The van der Waals surface area contributed by atoms with E-state index in [1.165, 1.54) is 12.2 Å². The van der Waals surface area contributed by atoms with Crippen LogP contribution in [0, 0.1) is 5.92 Å². The lowest BCUT2D eigenvalue weighted by Crippen LogP contribution is -2.45. The van der Waals surface area contributed by atoms with Gasteiger partial charge in [-0.2, -0.15) is 0 Å². The Hall–Kier alpha value is 0.310. The van der Waals surface area contributed by atoms with E-state index in [0.717, 1.165) is 5.92 Å². The van der Waals surface area contributed by atoms with Crippen molar-refractivity contribution < 1.29 is 0 Å². The summed E-state index contributed by atoms with van der Waals surface area (Å²) in [6.45, 7) is 11.5. The molecular formula is C10H21NS. The zero-order valence-corrected chi connectivity index (χ0v) is 9.72. The van der Waals surface area contributed by atoms with Crippen LogP contribution in [0.3, 0.4) is 0 Å². The first-order chi connectivity index (χ1) is 5.33. The first-order valence-corrected chi connectivity index (χ1v) is 5.75. The summed E-state index contributed by atoms with van der Waals surface area (Å²) in [6, 6.07) is 0. The van der Waals surface area contributed by atoms with Gasteiger partial charge in [-0.3, -0.25) is 5.32 Å². The molecule has 0 radical (unpaired) electrons. The van der Waals surface area contributed by atoms with Gasteiger partial charge in [0, 0.05) is 11.3 Å². The van der Waals surface area contributed by atoms with Crippen molar-refractivity contribution in [3.05, 3.63) is 0 Å². The molecule has 0 aromatic heterocycles. The largest absolute Gasteiger partial charge is 0.297 e. The maximum atomic E-state index is 3.70. The lowest BCUT2D eigenvalue weighted by Gasteiger charge is -2.29. The predicted molar refractivity (Wildman–Crippen MR) is 57.5 cm³/mol. The quantitative estimate of drug-likeness (QED) is 0.713. The van der Waals surface area contributed by atoms with E-state index in [1.807, 2.05) is 0 Å². The summed E-state index contributed by atoms with van der Waals surface area (Å²) >= 11 is 2.07. The fourth-order valence-corrected chi connectivity index (χ4v) is 3.57. The second kappa shape index (κ2) is 3.22. The van der Waals surface area contributed by atoms with Gasteiger partial charge in [0.05, 0.1) is 4.87 Å². The van der Waals surface area contributed by atoms with Gasteiger partial charge >= 0.3 is 0 Å². The van der Waals surface area contributed by atoms with Crippen molar-refractivity contribution >= 4 is 11.8 Å². The van der Waals surface area contributed by atoms with E-state index < -0.39 is 0 Å². The van der Waals surface area contributed by atoms with Crippen LogP contribution in [0.2, 0.25) is 0 Å². The van der Waals surface area contributed by atoms with E-state index in [1.54, 1.807) is 0 Å². The van der Waals surface area contributed by atoms with Crippen molar-refractivity contribution in [1.82, 2.24) is 5.32 Å². The molecule has 12 heavy (non-hydrogen) atoms. The maximum Gasteiger partial charge on any atom is 0.0624 e. The van der Waals surface area contributed by atoms with Crippen molar-refractivity contribution in [1.29, 1.82) is 0 Å². The number of hydrogen-bond acceptors (Lipinski definition) is 2. The minimum atomic E-state index is 0.317. The Balaban J connectivity index is 2.53. The summed E-state index contributed by atoms with van der Waals surface area (Å²) in [5.41, 5.74) is 0.328. The van der Waals surface area contributed by atoms with Crippen LogP contribution >= 0.6 is 11.8 Å². The van der Waals surface area contributed by atoms with Crippen molar-refractivity contribution in [2.24, 2.45) is 5.92 Å². The van der Waals surface area contributed by atoms with E-state index in [2.05, 4.69) is 51.7 Å². The third-order valence-electron chi connectivity index (χ3n) is 2.15. The second-order valence-corrected chi connectivity index (χ2v) is 6.60. The van der Waals surface area contributed by atoms with Crippen LogP contribution in [0.1, 0.15) is 41.0 Å². The predicted octanol–water partition coefficient (Wildman–Crippen LogP) is 2.86. The van der Waals surface area contributed by atoms with Gasteiger partial charge in [-0.25, -0.2) is 0 Å². The van der Waals surface area contributed by atoms with E-state index in [4.69, 9.17) is 0 Å². The molecule has 0 aromatic rings. The summed E-state index contributed by atoms with van der Waals surface area (Å²) in [5, 5.41) is 3.70. The minimum absolute atomic E-state index is 0.317. The van der Waals surface area contributed by atoms with Crippen LogP contribution in [0.25, 0.3) is 0 Å². The van der Waals surface area contributed by atoms with Gasteiger partial charge in [0.1, 0.15) is 0 Å². The summed E-state index contributed by atoms with van der Waals surface area (Å²) in [4.78, 5) is 0.317. The highest BCUT2D eigenvalue weighted by Crippen LogP contribution is 2.39. The first kappa shape index (κ1) is 10.4. The molecule has 0 aromatic carbocycles. The molecule has 1 aliphatic heterocycles. The number of hydrogen-bond donors (Lipinski definition) is 1. The van der Waals surface area contributed by atoms with Gasteiger partial charge in [0.2, 0.25) is 0 Å². The molecule has 1 rings (SSSR count). The molecule has 1 heterocycles. The molecule has 1 aliphatic rings. The van der Waals surface area contributed by atoms with Crippen LogP contribution in [0.15, 0.2) is 0 Å². The standard InChI is InChI=1S/C10H21NS/c1-8(2)6-10(5)11-9(3,4)7-12-10/h8,11H,6-7H2,1-5H3. The zero-order valence-electron chi connectivity index (χ0n) is 8.90. The summed E-state index contributed by atoms with van der Waals surface area (Å²) in [7, 11) is 0. The molecule has 0 aliphatic carbocycles. The smallest absolute Gasteiger partial charge is 0.0624 e. The molecule has 1 fully saturated rings. The zero-order chi connectivity index (χ0) is 9.41. The Bertz CT molecular complexity index is 165. The van der Waals surface area contributed by atoms with Gasteiger partial charge in [-0.15, -0.1) is 11.8 Å². The van der Waals surface area contributed by atoms with Crippen LogP contribution < -0.4 is 5.32 Å². The molecular weight excluding hydrogens is 166 g/mol. The molecule has 0 amide bonds. The van der Waals surface area contributed by atoms with E-state index >= 15 is 0 Å². The van der Waals surface area contributed by atoms with Crippen LogP contribution in [0.4, 0.5) is 0 Å². The lowest BCUT2D eigenvalue weighted by atomic mass is 10.0. The Morgan fingerprint density at radius 3 is 2.25 bits per heavy atom. The Labute approximate surface area is 80.7 Å². The number of thioether (sulfide) groups is 1. The van der Waals surface area contributed by atoms with Gasteiger partial charge in [-0.05, 0) is 33.1 Å². The summed E-state index contributed by atoms with van der Waals surface area (Å²) in [5.74, 6) is 2.01. The monoisotopic (exact) mass is 187 g/mol.